The molecule has 0 aromatic rings. The van der Waals surface area contributed by atoms with Gasteiger partial charge < -0.3 is 15.1 Å². The van der Waals surface area contributed by atoms with Gasteiger partial charge in [0.05, 0.1) is 0 Å². The zero-order valence-corrected chi connectivity index (χ0v) is 13.6. The monoisotopic (exact) mass is 269 g/mol. The Kier molecular flexibility index (Phi) is 8.67. The second-order valence-corrected chi connectivity index (χ2v) is 6.86. The van der Waals surface area contributed by atoms with E-state index in [4.69, 9.17) is 0 Å². The highest BCUT2D eigenvalue weighted by Gasteiger charge is 2.17. The number of piperazine rings is 1. The molecule has 0 amide bonds. The molecule has 19 heavy (non-hydrogen) atoms. The summed E-state index contributed by atoms with van der Waals surface area (Å²) in [5.74, 6) is 1.82. The molecule has 0 saturated carbocycles. The number of hydrogen-bond donors (Lipinski definition) is 1. The van der Waals surface area contributed by atoms with Crippen molar-refractivity contribution in [3.05, 3.63) is 0 Å². The van der Waals surface area contributed by atoms with Gasteiger partial charge in [0.15, 0.2) is 0 Å². The molecule has 0 radical (unpaired) electrons. The van der Waals surface area contributed by atoms with Gasteiger partial charge in [-0.3, -0.25) is 0 Å². The molecule has 3 heteroatoms. The Morgan fingerprint density at radius 2 is 1.53 bits per heavy atom. The summed E-state index contributed by atoms with van der Waals surface area (Å²) < 4.78 is 0. The van der Waals surface area contributed by atoms with E-state index in [-0.39, 0.29) is 0 Å². The predicted molar refractivity (Wildman–Crippen MR) is 84.7 cm³/mol. The molecule has 0 aromatic heterocycles. The van der Waals surface area contributed by atoms with Crippen LogP contribution in [0.25, 0.3) is 0 Å². The van der Waals surface area contributed by atoms with Crippen molar-refractivity contribution < 1.29 is 0 Å². The minimum atomic E-state index is 0.833. The maximum Gasteiger partial charge on any atom is 0.0110 e. The molecule has 0 unspecified atom stereocenters. The van der Waals surface area contributed by atoms with E-state index in [9.17, 15) is 0 Å². The zero-order chi connectivity index (χ0) is 14.1. The van der Waals surface area contributed by atoms with E-state index < -0.39 is 0 Å². The molecule has 0 atom stereocenters. The highest BCUT2D eigenvalue weighted by Crippen LogP contribution is 2.16. The Morgan fingerprint density at radius 3 is 2.05 bits per heavy atom. The molecule has 114 valence electrons. The summed E-state index contributed by atoms with van der Waals surface area (Å²) in [5.41, 5.74) is 0. The number of likely N-dealkylation sites (N-methyl/N-ethyl adjacent to an activating group) is 1. The lowest BCUT2D eigenvalue weighted by Crippen LogP contribution is -2.45. The van der Waals surface area contributed by atoms with Crippen LogP contribution < -0.4 is 5.32 Å². The Bertz CT molecular complexity index is 201. The maximum atomic E-state index is 3.44. The van der Waals surface area contributed by atoms with Gasteiger partial charge in [-0.2, -0.15) is 0 Å². The summed E-state index contributed by atoms with van der Waals surface area (Å²) in [6, 6.07) is 0. The van der Waals surface area contributed by atoms with Gasteiger partial charge in [0.25, 0.3) is 0 Å². The SMILES string of the molecule is CC(C)C.CN1CCN(CCC2CCNCC2)CC1. The Balaban J connectivity index is 0.000000399. The van der Waals surface area contributed by atoms with Crippen molar-refractivity contribution in [2.45, 2.75) is 40.0 Å². The summed E-state index contributed by atoms with van der Waals surface area (Å²) >= 11 is 0. The molecule has 3 nitrogen and oxygen atoms in total. The largest absolute Gasteiger partial charge is 0.317 e. The van der Waals surface area contributed by atoms with Crippen LogP contribution in [-0.4, -0.2) is 62.7 Å². The smallest absolute Gasteiger partial charge is 0.0110 e. The van der Waals surface area contributed by atoms with E-state index in [1.807, 2.05) is 0 Å². The lowest BCUT2D eigenvalue weighted by molar-refractivity contribution is 0.143. The molecule has 0 bridgehead atoms. The van der Waals surface area contributed by atoms with Crippen LogP contribution in [0.5, 0.6) is 0 Å². The lowest BCUT2D eigenvalue weighted by Gasteiger charge is -2.33. The fraction of sp³-hybridized carbons (Fsp3) is 1.00. The normalized spacial score (nSPS) is 23.2. The van der Waals surface area contributed by atoms with Crippen LogP contribution in [0.4, 0.5) is 0 Å². The molecule has 1 N–H and O–H groups in total. The van der Waals surface area contributed by atoms with Crippen molar-refractivity contribution in [2.24, 2.45) is 11.8 Å². The van der Waals surface area contributed by atoms with E-state index in [0.717, 1.165) is 11.8 Å². The summed E-state index contributed by atoms with van der Waals surface area (Å²) in [4.78, 5) is 5.07. The zero-order valence-electron chi connectivity index (χ0n) is 13.6. The molecule has 0 aromatic carbocycles. The number of piperidine rings is 1. The molecule has 2 aliphatic heterocycles. The summed E-state index contributed by atoms with van der Waals surface area (Å²) in [7, 11) is 2.23. The first-order valence-electron chi connectivity index (χ1n) is 8.19. The van der Waals surface area contributed by atoms with Gasteiger partial charge >= 0.3 is 0 Å². The maximum absolute atomic E-state index is 3.44. The summed E-state index contributed by atoms with van der Waals surface area (Å²) in [5, 5.41) is 3.44. The van der Waals surface area contributed by atoms with Crippen LogP contribution in [0.2, 0.25) is 0 Å². The number of nitrogens with zero attached hydrogens (tertiary/aromatic N) is 2. The molecular formula is C16H35N3. The standard InChI is InChI=1S/C12H25N3.C4H10/c1-14-8-10-15(11-9-14)7-4-12-2-5-13-6-3-12;1-4(2)3/h12-13H,2-11H2,1H3;4H,1-3H3. The highest BCUT2D eigenvalue weighted by atomic mass is 15.2. The van der Waals surface area contributed by atoms with Crippen LogP contribution in [-0.2, 0) is 0 Å². The number of nitrogens with one attached hydrogen (secondary N) is 1. The molecular weight excluding hydrogens is 234 g/mol. The Labute approximate surface area is 120 Å². The molecule has 2 fully saturated rings. The summed E-state index contributed by atoms with van der Waals surface area (Å²) in [6.07, 6.45) is 4.22. The second kappa shape index (κ2) is 9.73. The van der Waals surface area contributed by atoms with Gasteiger partial charge in [-0.1, -0.05) is 20.8 Å². The van der Waals surface area contributed by atoms with E-state index in [1.165, 1.54) is 65.1 Å². The first-order chi connectivity index (χ1) is 9.08. The van der Waals surface area contributed by atoms with Gasteiger partial charge in [0.1, 0.15) is 0 Å². The van der Waals surface area contributed by atoms with Crippen LogP contribution in [0.1, 0.15) is 40.0 Å². The second-order valence-electron chi connectivity index (χ2n) is 6.86. The van der Waals surface area contributed by atoms with Gasteiger partial charge in [-0.05, 0) is 57.8 Å². The lowest BCUT2D eigenvalue weighted by atomic mass is 9.94. The van der Waals surface area contributed by atoms with Gasteiger partial charge in [-0.25, -0.2) is 0 Å². The van der Waals surface area contributed by atoms with Crippen LogP contribution in [0, 0.1) is 11.8 Å². The fourth-order valence-corrected chi connectivity index (χ4v) is 2.61. The molecule has 2 rings (SSSR count). The Hall–Kier alpha value is -0.120. The van der Waals surface area contributed by atoms with Crippen molar-refractivity contribution >= 4 is 0 Å². The van der Waals surface area contributed by atoms with Crippen molar-refractivity contribution in [1.29, 1.82) is 0 Å². The van der Waals surface area contributed by atoms with Crippen LogP contribution in [0.15, 0.2) is 0 Å². The molecule has 0 spiro atoms. The summed E-state index contributed by atoms with van der Waals surface area (Å²) in [6.45, 7) is 15.4. The van der Waals surface area contributed by atoms with E-state index >= 15 is 0 Å². The number of rotatable bonds is 3. The van der Waals surface area contributed by atoms with Crippen LogP contribution in [0.3, 0.4) is 0 Å². The van der Waals surface area contributed by atoms with Crippen LogP contribution >= 0.6 is 0 Å². The minimum absolute atomic E-state index is 0.833. The van der Waals surface area contributed by atoms with Crippen molar-refractivity contribution in [2.75, 3.05) is 52.9 Å². The van der Waals surface area contributed by atoms with Gasteiger partial charge in [0.2, 0.25) is 0 Å². The average Bonchev–Trinajstić information content (AvgIpc) is 2.39. The molecule has 2 saturated heterocycles. The van der Waals surface area contributed by atoms with Crippen molar-refractivity contribution in [3.8, 4) is 0 Å². The predicted octanol–water partition coefficient (Wildman–Crippen LogP) is 2.29. The number of hydrogen-bond acceptors (Lipinski definition) is 3. The average molecular weight is 269 g/mol. The molecule has 2 heterocycles. The first kappa shape index (κ1) is 16.9. The van der Waals surface area contributed by atoms with E-state index in [1.54, 1.807) is 0 Å². The minimum Gasteiger partial charge on any atom is -0.317 e. The van der Waals surface area contributed by atoms with E-state index in [2.05, 4.69) is 42.9 Å². The molecule has 0 aliphatic carbocycles. The third kappa shape index (κ3) is 8.61. The third-order valence-electron chi connectivity index (χ3n) is 3.91. The molecule has 2 aliphatic rings. The van der Waals surface area contributed by atoms with Crippen molar-refractivity contribution in [3.63, 3.8) is 0 Å². The van der Waals surface area contributed by atoms with Gasteiger partial charge in [0, 0.05) is 26.2 Å². The topological polar surface area (TPSA) is 18.5 Å². The Morgan fingerprint density at radius 1 is 1.00 bits per heavy atom. The van der Waals surface area contributed by atoms with Crippen molar-refractivity contribution in [1.82, 2.24) is 15.1 Å². The third-order valence-corrected chi connectivity index (χ3v) is 3.91. The fourth-order valence-electron chi connectivity index (χ4n) is 2.61. The quantitative estimate of drug-likeness (QED) is 0.848. The highest BCUT2D eigenvalue weighted by molar-refractivity contribution is 4.73. The van der Waals surface area contributed by atoms with E-state index in [0.29, 0.717) is 0 Å². The first-order valence-corrected chi connectivity index (χ1v) is 8.19. The van der Waals surface area contributed by atoms with Gasteiger partial charge in [-0.15, -0.1) is 0 Å².